The molecule has 0 aliphatic heterocycles. The van der Waals surface area contributed by atoms with Crippen molar-refractivity contribution >= 4 is 11.6 Å². The van der Waals surface area contributed by atoms with Gasteiger partial charge in [-0.15, -0.1) is 0 Å². The molecule has 74 valence electrons. The molecule has 1 saturated carbocycles. The van der Waals surface area contributed by atoms with Crippen molar-refractivity contribution in [2.24, 2.45) is 11.8 Å². The van der Waals surface area contributed by atoms with Gasteiger partial charge in [-0.2, -0.15) is 0 Å². The topological polar surface area (TPSA) is 29.1 Å². The molecule has 1 amide bonds. The Morgan fingerprint density at radius 2 is 2.00 bits per heavy atom. The minimum absolute atomic E-state index is 0.0455. The van der Waals surface area contributed by atoms with Gasteiger partial charge in [0.25, 0.3) is 0 Å². The fourth-order valence-electron chi connectivity index (χ4n) is 1.46. The summed E-state index contributed by atoms with van der Waals surface area (Å²) in [5.41, 5.74) is 0.663. The molecule has 0 spiro atoms. The van der Waals surface area contributed by atoms with Gasteiger partial charge in [-0.05, 0) is 36.6 Å². The van der Waals surface area contributed by atoms with E-state index in [1.54, 1.807) is 12.1 Å². The highest BCUT2D eigenvalue weighted by Crippen LogP contribution is 2.38. The van der Waals surface area contributed by atoms with Gasteiger partial charge in [-0.3, -0.25) is 4.79 Å². The molecule has 0 unspecified atom stereocenters. The van der Waals surface area contributed by atoms with Crippen molar-refractivity contribution in [3.63, 3.8) is 0 Å². The van der Waals surface area contributed by atoms with Gasteiger partial charge in [0.05, 0.1) is 0 Å². The van der Waals surface area contributed by atoms with Crippen LogP contribution in [-0.2, 0) is 4.79 Å². The van der Waals surface area contributed by atoms with E-state index in [0.717, 1.165) is 6.42 Å². The molecule has 0 radical (unpaired) electrons. The highest BCUT2D eigenvalue weighted by molar-refractivity contribution is 5.94. The highest BCUT2D eigenvalue weighted by Gasteiger charge is 2.38. The Morgan fingerprint density at radius 3 is 2.50 bits per heavy atom. The number of amides is 1. The number of nitrogens with one attached hydrogen (secondary N) is 1. The van der Waals surface area contributed by atoms with E-state index in [-0.39, 0.29) is 17.6 Å². The predicted octanol–water partition coefficient (Wildman–Crippen LogP) is 2.42. The molecule has 1 aromatic carbocycles. The molecule has 0 saturated heterocycles. The molecule has 0 aromatic heterocycles. The van der Waals surface area contributed by atoms with Crippen LogP contribution in [0.1, 0.15) is 13.3 Å². The molecule has 1 fully saturated rings. The SMILES string of the molecule is C[C@@H]1C[C@@H]1C(=O)Nc1ccc(F)cc1. The maximum atomic E-state index is 12.5. The van der Waals surface area contributed by atoms with E-state index in [2.05, 4.69) is 12.2 Å². The summed E-state index contributed by atoms with van der Waals surface area (Å²) in [6, 6.07) is 5.82. The van der Waals surface area contributed by atoms with Crippen LogP contribution in [0, 0.1) is 17.7 Å². The molecule has 2 atom stereocenters. The summed E-state index contributed by atoms with van der Waals surface area (Å²) in [5, 5.41) is 2.76. The molecule has 0 heterocycles. The van der Waals surface area contributed by atoms with Crippen LogP contribution >= 0.6 is 0 Å². The number of hydrogen-bond donors (Lipinski definition) is 1. The van der Waals surface area contributed by atoms with Crippen LogP contribution in [0.2, 0.25) is 0 Å². The summed E-state index contributed by atoms with van der Waals surface area (Å²) < 4.78 is 12.5. The summed E-state index contributed by atoms with van der Waals surface area (Å²) in [5.74, 6) is 0.405. The summed E-state index contributed by atoms with van der Waals surface area (Å²) in [6.45, 7) is 2.05. The van der Waals surface area contributed by atoms with E-state index in [1.807, 2.05) is 0 Å². The first-order valence-corrected chi connectivity index (χ1v) is 4.73. The average molecular weight is 193 g/mol. The van der Waals surface area contributed by atoms with E-state index in [9.17, 15) is 9.18 Å². The second-order valence-corrected chi connectivity index (χ2v) is 3.82. The monoisotopic (exact) mass is 193 g/mol. The molecule has 0 bridgehead atoms. The molecule has 3 heteroatoms. The van der Waals surface area contributed by atoms with Gasteiger partial charge in [0.15, 0.2) is 0 Å². The number of halogens is 1. The fraction of sp³-hybridized carbons (Fsp3) is 0.364. The van der Waals surface area contributed by atoms with Gasteiger partial charge in [0.2, 0.25) is 5.91 Å². The summed E-state index contributed by atoms with van der Waals surface area (Å²) >= 11 is 0. The zero-order chi connectivity index (χ0) is 10.1. The minimum Gasteiger partial charge on any atom is -0.326 e. The number of carbonyl (C=O) groups is 1. The van der Waals surface area contributed by atoms with Crippen LogP contribution in [0.15, 0.2) is 24.3 Å². The largest absolute Gasteiger partial charge is 0.326 e. The maximum absolute atomic E-state index is 12.5. The summed E-state index contributed by atoms with van der Waals surface area (Å²) in [4.78, 5) is 11.5. The van der Waals surface area contributed by atoms with Gasteiger partial charge in [0, 0.05) is 11.6 Å². The molecule has 1 aliphatic carbocycles. The number of rotatable bonds is 2. The van der Waals surface area contributed by atoms with Crippen molar-refractivity contribution in [1.82, 2.24) is 0 Å². The lowest BCUT2D eigenvalue weighted by Crippen LogP contribution is -2.14. The molecule has 1 N–H and O–H groups in total. The lowest BCUT2D eigenvalue weighted by molar-refractivity contribution is -0.117. The molecular weight excluding hydrogens is 181 g/mol. The van der Waals surface area contributed by atoms with Crippen LogP contribution in [0.5, 0.6) is 0 Å². The van der Waals surface area contributed by atoms with Gasteiger partial charge < -0.3 is 5.32 Å². The molecule has 2 rings (SSSR count). The lowest BCUT2D eigenvalue weighted by atomic mass is 10.2. The molecular formula is C11H12FNO. The molecule has 1 aliphatic rings. The Labute approximate surface area is 82.1 Å². The molecule has 1 aromatic rings. The van der Waals surface area contributed by atoms with E-state index in [1.165, 1.54) is 12.1 Å². The zero-order valence-electron chi connectivity index (χ0n) is 7.96. The average Bonchev–Trinajstić information content (AvgIpc) is 2.87. The molecule has 14 heavy (non-hydrogen) atoms. The maximum Gasteiger partial charge on any atom is 0.227 e. The fourth-order valence-corrected chi connectivity index (χ4v) is 1.46. The first kappa shape index (κ1) is 9.19. The van der Waals surface area contributed by atoms with Crippen LogP contribution in [-0.4, -0.2) is 5.91 Å². The highest BCUT2D eigenvalue weighted by atomic mass is 19.1. The lowest BCUT2D eigenvalue weighted by Gasteiger charge is -2.03. The van der Waals surface area contributed by atoms with Gasteiger partial charge >= 0.3 is 0 Å². The number of hydrogen-bond acceptors (Lipinski definition) is 1. The summed E-state index contributed by atoms with van der Waals surface area (Å²) in [7, 11) is 0. The van der Waals surface area contributed by atoms with Crippen molar-refractivity contribution in [3.05, 3.63) is 30.1 Å². The van der Waals surface area contributed by atoms with Crippen LogP contribution in [0.3, 0.4) is 0 Å². The van der Waals surface area contributed by atoms with Gasteiger partial charge in [0.1, 0.15) is 5.82 Å². The van der Waals surface area contributed by atoms with E-state index in [4.69, 9.17) is 0 Å². The quantitative estimate of drug-likeness (QED) is 0.767. The van der Waals surface area contributed by atoms with Crippen LogP contribution < -0.4 is 5.32 Å². The standard InChI is InChI=1S/C11H12FNO/c1-7-6-10(7)11(14)13-9-4-2-8(12)3-5-9/h2-5,7,10H,6H2,1H3,(H,13,14)/t7-,10+/m1/s1. The first-order valence-electron chi connectivity index (χ1n) is 4.73. The van der Waals surface area contributed by atoms with Gasteiger partial charge in [-0.1, -0.05) is 6.92 Å². The van der Waals surface area contributed by atoms with E-state index < -0.39 is 0 Å². The zero-order valence-corrected chi connectivity index (χ0v) is 7.96. The Balaban J connectivity index is 1.97. The first-order chi connectivity index (χ1) is 6.66. The number of anilines is 1. The predicted molar refractivity (Wildman–Crippen MR) is 52.3 cm³/mol. The number of carbonyl (C=O) groups excluding carboxylic acids is 1. The molecule has 2 nitrogen and oxygen atoms in total. The van der Waals surface area contributed by atoms with Crippen molar-refractivity contribution in [3.8, 4) is 0 Å². The van der Waals surface area contributed by atoms with Crippen LogP contribution in [0.25, 0.3) is 0 Å². The summed E-state index contributed by atoms with van der Waals surface area (Å²) in [6.07, 6.45) is 0.965. The minimum atomic E-state index is -0.289. The Hall–Kier alpha value is -1.38. The second-order valence-electron chi connectivity index (χ2n) is 3.82. The van der Waals surface area contributed by atoms with Crippen molar-refractivity contribution in [2.75, 3.05) is 5.32 Å². The second kappa shape index (κ2) is 3.40. The van der Waals surface area contributed by atoms with Crippen molar-refractivity contribution < 1.29 is 9.18 Å². The van der Waals surface area contributed by atoms with Crippen molar-refractivity contribution in [1.29, 1.82) is 0 Å². The Morgan fingerprint density at radius 1 is 1.43 bits per heavy atom. The smallest absolute Gasteiger partial charge is 0.227 e. The third kappa shape index (κ3) is 1.92. The Kier molecular flexibility index (Phi) is 2.23. The Bertz CT molecular complexity index is 347. The number of benzene rings is 1. The van der Waals surface area contributed by atoms with Gasteiger partial charge in [-0.25, -0.2) is 4.39 Å². The normalized spacial score (nSPS) is 24.4. The van der Waals surface area contributed by atoms with Crippen LogP contribution in [0.4, 0.5) is 10.1 Å². The van der Waals surface area contributed by atoms with Crippen molar-refractivity contribution in [2.45, 2.75) is 13.3 Å². The third-order valence-electron chi connectivity index (χ3n) is 2.56. The van der Waals surface area contributed by atoms with E-state index >= 15 is 0 Å². The van der Waals surface area contributed by atoms with E-state index in [0.29, 0.717) is 11.6 Å². The third-order valence-corrected chi connectivity index (χ3v) is 2.56.